The molecule has 3 N–H and O–H groups in total. The number of likely N-dealkylation sites (tertiary alicyclic amines) is 1. The minimum atomic E-state index is -0.954. The van der Waals surface area contributed by atoms with Crippen molar-refractivity contribution in [1.82, 2.24) is 10.2 Å². The Hall–Kier alpha value is -2.45. The first-order valence-electron chi connectivity index (χ1n) is 12.1. The van der Waals surface area contributed by atoms with Crippen LogP contribution in [0, 0.1) is 11.8 Å². The molecule has 8 heteroatoms. The molecule has 0 saturated carbocycles. The van der Waals surface area contributed by atoms with E-state index < -0.39 is 23.5 Å². The molecule has 3 aliphatic heterocycles. The monoisotopic (exact) mass is 457 g/mol. The Morgan fingerprint density at radius 2 is 1.88 bits per heavy atom. The van der Waals surface area contributed by atoms with E-state index >= 15 is 0 Å². The number of ether oxygens (including phenoxy) is 1. The number of aliphatic hydroxyl groups excluding tert-OH is 1. The molecule has 0 aliphatic carbocycles. The van der Waals surface area contributed by atoms with Crippen molar-refractivity contribution in [2.45, 2.75) is 76.2 Å². The predicted octanol–water partition coefficient (Wildman–Crippen LogP) is 2.08. The molecule has 3 amide bonds. The smallest absolute Gasteiger partial charge is 0.246 e. The maximum atomic E-state index is 13.7. The number of nitrogens with one attached hydrogen (secondary N) is 2. The van der Waals surface area contributed by atoms with Crippen LogP contribution in [0.3, 0.4) is 0 Å². The van der Waals surface area contributed by atoms with Gasteiger partial charge in [-0.2, -0.15) is 0 Å². The zero-order valence-electron chi connectivity index (χ0n) is 19.5. The van der Waals surface area contributed by atoms with Gasteiger partial charge in [0.2, 0.25) is 17.7 Å². The number of hydrogen-bond donors (Lipinski definition) is 3. The predicted molar refractivity (Wildman–Crippen MR) is 123 cm³/mol. The first-order valence-corrected chi connectivity index (χ1v) is 12.1. The fourth-order valence-corrected chi connectivity index (χ4v) is 5.85. The van der Waals surface area contributed by atoms with Crippen LogP contribution in [0.2, 0.25) is 0 Å². The van der Waals surface area contributed by atoms with E-state index in [0.717, 1.165) is 25.7 Å². The van der Waals surface area contributed by atoms with Crippen LogP contribution in [0.15, 0.2) is 30.3 Å². The lowest BCUT2D eigenvalue weighted by atomic mass is 9.70. The Bertz CT molecular complexity index is 876. The SMILES string of the molecule is CC(C)NC(=O)C1N(CCCCCCO)C(=O)[C@@H]2[C@@H](C(=O)Nc3ccccc3)[C@H]3CCC12O3. The Balaban J connectivity index is 1.58. The van der Waals surface area contributed by atoms with Gasteiger partial charge in [0.15, 0.2) is 0 Å². The Morgan fingerprint density at radius 1 is 1.15 bits per heavy atom. The standard InChI is InChI=1S/C25H35N3O5/c1-16(2)26-23(31)21-25-13-12-18(33-25)19(22(30)27-17-10-6-5-7-11-17)20(25)24(32)28(21)14-8-3-4-9-15-29/h5-7,10-11,16,18-21,29H,3-4,8-9,12-15H2,1-2H3,(H,26,31)(H,27,30)/t18-,19+,20+,21?,25?/m1/s1. The molecule has 33 heavy (non-hydrogen) atoms. The maximum absolute atomic E-state index is 13.7. The van der Waals surface area contributed by atoms with Gasteiger partial charge in [-0.25, -0.2) is 0 Å². The lowest BCUT2D eigenvalue weighted by molar-refractivity contribution is -0.141. The number of carbonyl (C=O) groups excluding carboxylic acids is 3. The lowest BCUT2D eigenvalue weighted by Gasteiger charge is -2.34. The average Bonchev–Trinajstić information content (AvgIpc) is 3.41. The molecule has 2 unspecified atom stereocenters. The molecular formula is C25H35N3O5. The highest BCUT2D eigenvalue weighted by atomic mass is 16.5. The van der Waals surface area contributed by atoms with E-state index in [1.54, 1.807) is 4.90 Å². The summed E-state index contributed by atoms with van der Waals surface area (Å²) in [5.41, 5.74) is -0.274. The van der Waals surface area contributed by atoms with Crippen LogP contribution in [0.5, 0.6) is 0 Å². The van der Waals surface area contributed by atoms with Gasteiger partial charge in [0.05, 0.1) is 17.9 Å². The van der Waals surface area contributed by atoms with Crippen molar-refractivity contribution in [1.29, 1.82) is 0 Å². The van der Waals surface area contributed by atoms with Gasteiger partial charge in [-0.3, -0.25) is 14.4 Å². The summed E-state index contributed by atoms with van der Waals surface area (Å²) in [5, 5.41) is 14.9. The van der Waals surface area contributed by atoms with Crippen molar-refractivity contribution in [3.63, 3.8) is 0 Å². The van der Waals surface area contributed by atoms with Crippen LogP contribution < -0.4 is 10.6 Å². The molecule has 0 aromatic heterocycles. The van der Waals surface area contributed by atoms with E-state index in [4.69, 9.17) is 9.84 Å². The second-order valence-electron chi connectivity index (χ2n) is 9.74. The lowest BCUT2D eigenvalue weighted by Crippen LogP contribution is -2.56. The molecule has 5 atom stereocenters. The van der Waals surface area contributed by atoms with Gasteiger partial charge in [-0.15, -0.1) is 0 Å². The van der Waals surface area contributed by atoms with Crippen molar-refractivity contribution in [2.75, 3.05) is 18.5 Å². The average molecular weight is 458 g/mol. The van der Waals surface area contributed by atoms with Gasteiger partial charge in [0, 0.05) is 24.9 Å². The van der Waals surface area contributed by atoms with Gasteiger partial charge in [-0.05, 0) is 51.7 Å². The summed E-state index contributed by atoms with van der Waals surface area (Å²) in [7, 11) is 0. The highest BCUT2D eigenvalue weighted by molar-refractivity contribution is 6.02. The second kappa shape index (κ2) is 9.81. The minimum Gasteiger partial charge on any atom is -0.396 e. The van der Waals surface area contributed by atoms with Crippen molar-refractivity contribution in [2.24, 2.45) is 11.8 Å². The van der Waals surface area contributed by atoms with E-state index in [1.807, 2.05) is 44.2 Å². The summed E-state index contributed by atoms with van der Waals surface area (Å²) < 4.78 is 6.40. The van der Waals surface area contributed by atoms with Crippen LogP contribution >= 0.6 is 0 Å². The van der Waals surface area contributed by atoms with Gasteiger partial charge in [-0.1, -0.05) is 31.0 Å². The molecule has 3 aliphatic rings. The number of unbranched alkanes of at least 4 members (excludes halogenated alkanes) is 3. The molecule has 3 heterocycles. The van der Waals surface area contributed by atoms with E-state index in [9.17, 15) is 14.4 Å². The molecule has 2 bridgehead atoms. The largest absolute Gasteiger partial charge is 0.396 e. The third-order valence-electron chi connectivity index (χ3n) is 7.13. The Kier molecular flexibility index (Phi) is 7.05. The number of hydrogen-bond acceptors (Lipinski definition) is 5. The molecule has 3 fully saturated rings. The van der Waals surface area contributed by atoms with Crippen LogP contribution in [0.25, 0.3) is 0 Å². The van der Waals surface area contributed by atoms with Crippen LogP contribution in [-0.4, -0.2) is 64.7 Å². The van der Waals surface area contributed by atoms with E-state index in [2.05, 4.69) is 10.6 Å². The van der Waals surface area contributed by atoms with Crippen LogP contribution in [0.1, 0.15) is 52.4 Å². The fraction of sp³-hybridized carbons (Fsp3) is 0.640. The topological polar surface area (TPSA) is 108 Å². The van der Waals surface area contributed by atoms with Gasteiger partial charge in [0.1, 0.15) is 11.6 Å². The van der Waals surface area contributed by atoms with Crippen molar-refractivity contribution in [3.8, 4) is 0 Å². The van der Waals surface area contributed by atoms with Crippen molar-refractivity contribution in [3.05, 3.63) is 30.3 Å². The highest BCUT2D eigenvalue weighted by Gasteiger charge is 2.74. The zero-order valence-corrected chi connectivity index (χ0v) is 19.5. The fourth-order valence-electron chi connectivity index (χ4n) is 5.85. The molecule has 0 radical (unpaired) electrons. The van der Waals surface area contributed by atoms with Crippen molar-refractivity contribution >= 4 is 23.4 Å². The number of anilines is 1. The molecule has 1 aromatic carbocycles. The molecule has 8 nitrogen and oxygen atoms in total. The number of para-hydroxylation sites is 1. The summed E-state index contributed by atoms with van der Waals surface area (Å²) >= 11 is 0. The zero-order chi connectivity index (χ0) is 23.6. The summed E-state index contributed by atoms with van der Waals surface area (Å²) in [6.07, 6.45) is 4.10. The molecule has 180 valence electrons. The minimum absolute atomic E-state index is 0.0646. The number of benzene rings is 1. The number of amides is 3. The van der Waals surface area contributed by atoms with Gasteiger partial charge < -0.3 is 25.4 Å². The maximum Gasteiger partial charge on any atom is 0.246 e. The molecule has 1 spiro atoms. The normalized spacial score (nSPS) is 30.1. The Labute approximate surface area is 195 Å². The third kappa shape index (κ3) is 4.38. The number of rotatable bonds is 10. The van der Waals surface area contributed by atoms with Crippen molar-refractivity contribution < 1.29 is 24.2 Å². The number of aliphatic hydroxyl groups is 1. The van der Waals surface area contributed by atoms with E-state index in [1.165, 1.54) is 0 Å². The van der Waals surface area contributed by atoms with E-state index in [0.29, 0.717) is 25.1 Å². The van der Waals surface area contributed by atoms with E-state index in [-0.39, 0.29) is 36.5 Å². The highest BCUT2D eigenvalue weighted by Crippen LogP contribution is 2.58. The quantitative estimate of drug-likeness (QED) is 0.466. The summed E-state index contributed by atoms with van der Waals surface area (Å²) in [4.78, 5) is 42.0. The summed E-state index contributed by atoms with van der Waals surface area (Å²) in [5.74, 6) is -1.85. The second-order valence-corrected chi connectivity index (χ2v) is 9.74. The summed E-state index contributed by atoms with van der Waals surface area (Å²) in [6.45, 7) is 4.39. The molecule has 1 aromatic rings. The number of carbonyl (C=O) groups is 3. The van der Waals surface area contributed by atoms with Crippen LogP contribution in [-0.2, 0) is 19.1 Å². The molecule has 4 rings (SSSR count). The summed E-state index contributed by atoms with van der Waals surface area (Å²) in [6, 6.07) is 8.41. The molecule has 3 saturated heterocycles. The van der Waals surface area contributed by atoms with Crippen LogP contribution in [0.4, 0.5) is 5.69 Å². The van der Waals surface area contributed by atoms with Gasteiger partial charge >= 0.3 is 0 Å². The van der Waals surface area contributed by atoms with Gasteiger partial charge in [0.25, 0.3) is 0 Å². The first kappa shape index (κ1) is 23.7. The Morgan fingerprint density at radius 3 is 2.58 bits per heavy atom. The third-order valence-corrected chi connectivity index (χ3v) is 7.13. The number of nitrogens with zero attached hydrogens (tertiary/aromatic N) is 1. The molecular weight excluding hydrogens is 422 g/mol. The number of fused-ring (bicyclic) bond motifs is 1. The first-order chi connectivity index (χ1) is 15.9.